The van der Waals surface area contributed by atoms with Gasteiger partial charge in [0, 0.05) is 11.1 Å². The fraction of sp³-hybridized carbons (Fsp3) is 0.400. The van der Waals surface area contributed by atoms with Crippen molar-refractivity contribution in [2.75, 3.05) is 7.05 Å². The number of halogens is 1. The minimum absolute atomic E-state index is 0.248. The highest BCUT2D eigenvalue weighted by Gasteiger charge is 1.94. The van der Waals surface area contributed by atoms with E-state index in [1.807, 2.05) is 27.0 Å². The van der Waals surface area contributed by atoms with Crippen molar-refractivity contribution < 1.29 is 9.47 Å². The van der Waals surface area contributed by atoms with E-state index in [4.69, 9.17) is 0 Å². The van der Waals surface area contributed by atoms with Crippen molar-refractivity contribution in [3.63, 3.8) is 0 Å². The molecule has 0 heterocycles. The molecule has 1 aromatic carbocycles. The molecule has 0 amide bonds. The summed E-state index contributed by atoms with van der Waals surface area (Å²) < 4.78 is 11.6. The van der Waals surface area contributed by atoms with Crippen LogP contribution in [-0.4, -0.2) is 7.05 Å². The Kier molecular flexibility index (Phi) is 6.92. The smallest absolute Gasteiger partial charge is 0.172 e. The summed E-state index contributed by atoms with van der Waals surface area (Å²) in [6, 6.07) is 6.87. The van der Waals surface area contributed by atoms with Gasteiger partial charge in [0.2, 0.25) is 0 Å². The molecule has 0 saturated carbocycles. The predicted octanol–water partition coefficient (Wildman–Crippen LogP) is 2.70. The van der Waals surface area contributed by atoms with Gasteiger partial charge >= 0.3 is 0 Å². The van der Waals surface area contributed by atoms with E-state index < -0.39 is 0 Å². The summed E-state index contributed by atoms with van der Waals surface area (Å²) in [5, 5.41) is 2.96. The quantitative estimate of drug-likeness (QED) is 0.781. The maximum atomic E-state index is 11.6. The van der Waals surface area contributed by atoms with Crippen LogP contribution in [0.25, 0.3) is 0 Å². The van der Waals surface area contributed by atoms with E-state index in [2.05, 4.69) is 10.3 Å². The summed E-state index contributed by atoms with van der Waals surface area (Å²) in [5.74, 6) is 0.248. The van der Waals surface area contributed by atoms with Crippen molar-refractivity contribution >= 4 is 0 Å². The van der Waals surface area contributed by atoms with E-state index in [1.54, 1.807) is 18.2 Å². The molecule has 0 saturated heterocycles. The molecule has 0 unspecified atom stereocenters. The fourth-order valence-electron chi connectivity index (χ4n) is 0.908. The highest BCUT2D eigenvalue weighted by molar-refractivity contribution is 5.27. The Morgan fingerprint density at radius 3 is 2.62 bits per heavy atom. The molecule has 2 nitrogen and oxygen atoms in total. The van der Waals surface area contributed by atoms with Gasteiger partial charge in [0.05, 0.1) is 0 Å². The number of hydrogen-bond donors (Lipinski definition) is 1. The van der Waals surface area contributed by atoms with Crippen LogP contribution in [0.2, 0.25) is 0 Å². The largest absolute Gasteiger partial charge is 0.316 e. The van der Waals surface area contributed by atoms with Crippen LogP contribution in [0.4, 0.5) is 4.53 Å². The normalized spacial score (nSPS) is 8.62. The second-order valence-corrected chi connectivity index (χ2v) is 2.25. The van der Waals surface area contributed by atoms with Crippen molar-refractivity contribution in [2.24, 2.45) is 0 Å². The van der Waals surface area contributed by atoms with E-state index in [9.17, 15) is 4.53 Å². The first kappa shape index (κ1) is 11.9. The SMILES string of the molecule is CC.CNCc1cccc(OF)c1. The average Bonchev–Trinajstić information content (AvgIpc) is 2.22. The third-order valence-corrected chi connectivity index (χ3v) is 1.37. The maximum Gasteiger partial charge on any atom is 0.172 e. The van der Waals surface area contributed by atoms with Crippen molar-refractivity contribution in [1.82, 2.24) is 5.32 Å². The maximum absolute atomic E-state index is 11.6. The van der Waals surface area contributed by atoms with Crippen LogP contribution in [0, 0.1) is 0 Å². The van der Waals surface area contributed by atoms with Gasteiger partial charge in [0.25, 0.3) is 0 Å². The summed E-state index contributed by atoms with van der Waals surface area (Å²) in [6.07, 6.45) is 0. The van der Waals surface area contributed by atoms with Gasteiger partial charge in [0.1, 0.15) is 0 Å². The van der Waals surface area contributed by atoms with Crippen LogP contribution < -0.4 is 10.3 Å². The molecule has 0 radical (unpaired) electrons. The standard InChI is InChI=1S/C8H10FNO.C2H6/c1-10-6-7-3-2-4-8(5-7)11-9;1-2/h2-5,10H,6H2,1H3;1-2H3. The van der Waals surface area contributed by atoms with Crippen LogP contribution in [0.15, 0.2) is 24.3 Å². The zero-order chi connectivity index (χ0) is 10.1. The van der Waals surface area contributed by atoms with Gasteiger partial charge in [-0.3, -0.25) is 4.94 Å². The van der Waals surface area contributed by atoms with Gasteiger partial charge < -0.3 is 5.32 Å². The van der Waals surface area contributed by atoms with Crippen molar-refractivity contribution in [3.05, 3.63) is 29.8 Å². The lowest BCUT2D eigenvalue weighted by Crippen LogP contribution is -2.04. The summed E-state index contributed by atoms with van der Waals surface area (Å²) in [5.41, 5.74) is 1.00. The van der Waals surface area contributed by atoms with Gasteiger partial charge in [0.15, 0.2) is 5.75 Å². The van der Waals surface area contributed by atoms with E-state index in [0.717, 1.165) is 12.1 Å². The molecule has 13 heavy (non-hydrogen) atoms. The Bertz CT molecular complexity index is 228. The highest BCUT2D eigenvalue weighted by atomic mass is 19.3. The predicted molar refractivity (Wildman–Crippen MR) is 52.3 cm³/mol. The zero-order valence-electron chi connectivity index (χ0n) is 8.30. The van der Waals surface area contributed by atoms with Crippen LogP contribution >= 0.6 is 0 Å². The van der Waals surface area contributed by atoms with Crippen molar-refractivity contribution in [1.29, 1.82) is 0 Å². The lowest BCUT2D eigenvalue weighted by atomic mass is 10.2. The molecule has 0 bridgehead atoms. The second kappa shape index (κ2) is 7.55. The Balaban J connectivity index is 0.000000671. The first-order chi connectivity index (χ1) is 6.36. The molecule has 3 heteroatoms. The summed E-state index contributed by atoms with van der Waals surface area (Å²) >= 11 is 0. The minimum Gasteiger partial charge on any atom is -0.316 e. The molecule has 0 aliphatic rings. The number of benzene rings is 1. The van der Waals surface area contributed by atoms with E-state index in [-0.39, 0.29) is 5.75 Å². The molecular formula is C10H16FNO. The molecule has 0 fully saturated rings. The zero-order valence-corrected chi connectivity index (χ0v) is 8.30. The molecule has 1 aromatic rings. The monoisotopic (exact) mass is 185 g/mol. The Labute approximate surface area is 78.6 Å². The van der Waals surface area contributed by atoms with Crippen LogP contribution in [0.1, 0.15) is 19.4 Å². The van der Waals surface area contributed by atoms with Crippen LogP contribution in [0.3, 0.4) is 0 Å². The topological polar surface area (TPSA) is 21.3 Å². The van der Waals surface area contributed by atoms with Gasteiger partial charge in [-0.15, -0.1) is 0 Å². The molecule has 0 spiro atoms. The molecular weight excluding hydrogens is 169 g/mol. The third-order valence-electron chi connectivity index (χ3n) is 1.37. The van der Waals surface area contributed by atoms with Gasteiger partial charge in [-0.25, -0.2) is 0 Å². The molecule has 0 atom stereocenters. The van der Waals surface area contributed by atoms with Gasteiger partial charge in [-0.05, 0) is 24.7 Å². The van der Waals surface area contributed by atoms with Crippen LogP contribution in [-0.2, 0) is 6.54 Å². The molecule has 0 aliphatic carbocycles. The lowest BCUT2D eigenvalue weighted by molar-refractivity contribution is -0.00629. The Morgan fingerprint density at radius 1 is 1.38 bits per heavy atom. The summed E-state index contributed by atoms with van der Waals surface area (Å²) in [6.45, 7) is 4.72. The van der Waals surface area contributed by atoms with Gasteiger partial charge in [-0.1, -0.05) is 26.0 Å². The summed E-state index contributed by atoms with van der Waals surface area (Å²) in [7, 11) is 1.84. The fourth-order valence-corrected chi connectivity index (χ4v) is 0.908. The van der Waals surface area contributed by atoms with Crippen molar-refractivity contribution in [3.8, 4) is 5.75 Å². The van der Waals surface area contributed by atoms with Crippen molar-refractivity contribution in [2.45, 2.75) is 20.4 Å². The first-order valence-electron chi connectivity index (χ1n) is 4.39. The first-order valence-corrected chi connectivity index (χ1v) is 4.39. The molecule has 1 N–H and O–H groups in total. The molecule has 0 aliphatic heterocycles. The highest BCUT2D eigenvalue weighted by Crippen LogP contribution is 2.12. The number of rotatable bonds is 3. The Morgan fingerprint density at radius 2 is 2.08 bits per heavy atom. The average molecular weight is 185 g/mol. The van der Waals surface area contributed by atoms with Crippen LogP contribution in [0.5, 0.6) is 5.75 Å². The second-order valence-electron chi connectivity index (χ2n) is 2.25. The molecule has 74 valence electrons. The molecule has 0 aromatic heterocycles. The number of hydrogen-bond acceptors (Lipinski definition) is 2. The minimum atomic E-state index is 0.248. The Hall–Kier alpha value is -1.09. The summed E-state index contributed by atoms with van der Waals surface area (Å²) in [4.78, 5) is 3.57. The lowest BCUT2D eigenvalue weighted by Gasteiger charge is -1.99. The van der Waals surface area contributed by atoms with Gasteiger partial charge in [-0.2, -0.15) is 0 Å². The number of nitrogens with one attached hydrogen (secondary N) is 1. The molecule has 1 rings (SSSR count). The van der Waals surface area contributed by atoms with E-state index in [0.29, 0.717) is 0 Å². The van der Waals surface area contributed by atoms with E-state index >= 15 is 0 Å². The van der Waals surface area contributed by atoms with E-state index in [1.165, 1.54) is 0 Å². The third kappa shape index (κ3) is 4.48.